The lowest BCUT2D eigenvalue weighted by atomic mass is 10.2. The molecule has 100 valence electrons. The Morgan fingerprint density at radius 3 is 2.60 bits per heavy atom. The van der Waals surface area contributed by atoms with Crippen LogP contribution in [0.4, 0.5) is 0 Å². The van der Waals surface area contributed by atoms with Crippen LogP contribution >= 0.6 is 0 Å². The number of hydrogen-bond acceptors (Lipinski definition) is 4. The molecule has 1 aromatic heterocycles. The third kappa shape index (κ3) is 3.12. The number of furan rings is 1. The lowest BCUT2D eigenvalue weighted by molar-refractivity contribution is 0.0953. The molecule has 0 saturated carbocycles. The Morgan fingerprint density at radius 1 is 1.35 bits per heavy atom. The molecule has 0 aliphatic carbocycles. The van der Waals surface area contributed by atoms with Crippen LogP contribution < -0.4 is 5.43 Å². The van der Waals surface area contributed by atoms with Crippen LogP contribution in [0.3, 0.4) is 0 Å². The predicted molar refractivity (Wildman–Crippen MR) is 74.4 cm³/mol. The zero-order valence-corrected chi connectivity index (χ0v) is 11.2. The second kappa shape index (κ2) is 5.85. The number of carbonyl (C=O) groups is 1. The van der Waals surface area contributed by atoms with Gasteiger partial charge in [-0.05, 0) is 37.6 Å². The minimum atomic E-state index is -0.316. The number of carbonyl (C=O) groups excluding carboxylic acids is 1. The Hall–Kier alpha value is -2.87. The summed E-state index contributed by atoms with van der Waals surface area (Å²) in [5.74, 6) is 0.932. The van der Waals surface area contributed by atoms with Crippen molar-refractivity contribution in [2.24, 2.45) is 5.10 Å². The van der Waals surface area contributed by atoms with Crippen LogP contribution in [0.1, 0.15) is 33.0 Å². The summed E-state index contributed by atoms with van der Waals surface area (Å²) in [7, 11) is 0. The fourth-order valence-electron chi connectivity index (χ4n) is 1.73. The van der Waals surface area contributed by atoms with Crippen LogP contribution in [0.25, 0.3) is 0 Å². The molecule has 0 radical (unpaired) electrons. The molecule has 0 aliphatic heterocycles. The lowest BCUT2D eigenvalue weighted by Gasteiger charge is -1.97. The van der Waals surface area contributed by atoms with Gasteiger partial charge in [0.15, 0.2) is 0 Å². The standard InChI is InChI=1S/C15H13N3O2/c1-10-7-14(11(2)20-10)15(19)18-17-9-13-5-3-12(8-16)4-6-13/h3-7,9H,1-2H3,(H,18,19)/b17-9-. The lowest BCUT2D eigenvalue weighted by Crippen LogP contribution is -2.17. The summed E-state index contributed by atoms with van der Waals surface area (Å²) in [6.45, 7) is 3.51. The van der Waals surface area contributed by atoms with Gasteiger partial charge in [0.2, 0.25) is 0 Å². The van der Waals surface area contributed by atoms with Crippen molar-refractivity contribution >= 4 is 12.1 Å². The number of hydrazone groups is 1. The maximum Gasteiger partial charge on any atom is 0.274 e. The highest BCUT2D eigenvalue weighted by Gasteiger charge is 2.12. The van der Waals surface area contributed by atoms with Crippen molar-refractivity contribution in [1.82, 2.24) is 5.43 Å². The largest absolute Gasteiger partial charge is 0.466 e. The molecule has 5 nitrogen and oxygen atoms in total. The minimum Gasteiger partial charge on any atom is -0.466 e. The van der Waals surface area contributed by atoms with Gasteiger partial charge < -0.3 is 4.42 Å². The number of aryl methyl sites for hydroxylation is 2. The Labute approximate surface area is 116 Å². The van der Waals surface area contributed by atoms with Crippen LogP contribution in [0.5, 0.6) is 0 Å². The molecule has 0 saturated heterocycles. The summed E-state index contributed by atoms with van der Waals surface area (Å²) in [6.07, 6.45) is 1.52. The van der Waals surface area contributed by atoms with Crippen molar-refractivity contribution < 1.29 is 9.21 Å². The van der Waals surface area contributed by atoms with E-state index in [-0.39, 0.29) is 5.91 Å². The number of hydrogen-bond donors (Lipinski definition) is 1. The van der Waals surface area contributed by atoms with E-state index in [1.807, 2.05) is 6.07 Å². The average molecular weight is 267 g/mol. The summed E-state index contributed by atoms with van der Waals surface area (Å²) in [6, 6.07) is 10.6. The normalized spacial score (nSPS) is 10.4. The zero-order chi connectivity index (χ0) is 14.5. The van der Waals surface area contributed by atoms with Gasteiger partial charge in [-0.3, -0.25) is 4.79 Å². The van der Waals surface area contributed by atoms with Crippen LogP contribution in [0.2, 0.25) is 0 Å². The van der Waals surface area contributed by atoms with Gasteiger partial charge in [0.1, 0.15) is 11.5 Å². The molecule has 0 fully saturated rings. The maximum atomic E-state index is 11.8. The van der Waals surface area contributed by atoms with E-state index in [0.717, 1.165) is 5.56 Å². The van der Waals surface area contributed by atoms with Crippen molar-refractivity contribution in [1.29, 1.82) is 5.26 Å². The van der Waals surface area contributed by atoms with E-state index >= 15 is 0 Å². The van der Waals surface area contributed by atoms with Crippen molar-refractivity contribution in [3.05, 3.63) is 58.5 Å². The highest BCUT2D eigenvalue weighted by atomic mass is 16.3. The molecular weight excluding hydrogens is 254 g/mol. The molecule has 0 atom stereocenters. The van der Waals surface area contributed by atoms with E-state index in [9.17, 15) is 4.79 Å². The molecule has 1 heterocycles. The molecule has 5 heteroatoms. The maximum absolute atomic E-state index is 11.8. The van der Waals surface area contributed by atoms with Crippen LogP contribution in [-0.4, -0.2) is 12.1 Å². The monoisotopic (exact) mass is 267 g/mol. The summed E-state index contributed by atoms with van der Waals surface area (Å²) in [5.41, 5.74) is 4.28. The third-order valence-electron chi connectivity index (χ3n) is 2.71. The van der Waals surface area contributed by atoms with Crippen molar-refractivity contribution in [3.8, 4) is 6.07 Å². The molecule has 2 rings (SSSR count). The van der Waals surface area contributed by atoms with Gasteiger partial charge in [0, 0.05) is 0 Å². The molecule has 1 aromatic carbocycles. The highest BCUT2D eigenvalue weighted by molar-refractivity contribution is 5.95. The number of nitrogens with one attached hydrogen (secondary N) is 1. The second-order valence-corrected chi connectivity index (χ2v) is 4.26. The van der Waals surface area contributed by atoms with E-state index < -0.39 is 0 Å². The predicted octanol–water partition coefficient (Wildman–Crippen LogP) is 2.53. The van der Waals surface area contributed by atoms with E-state index in [2.05, 4.69) is 10.5 Å². The first-order valence-electron chi connectivity index (χ1n) is 6.01. The Bertz CT molecular complexity index is 691. The number of nitrogens with zero attached hydrogens (tertiary/aromatic N) is 2. The van der Waals surface area contributed by atoms with Gasteiger partial charge in [-0.1, -0.05) is 12.1 Å². The summed E-state index contributed by atoms with van der Waals surface area (Å²) >= 11 is 0. The van der Waals surface area contributed by atoms with Crippen LogP contribution in [0, 0.1) is 25.2 Å². The van der Waals surface area contributed by atoms with Gasteiger partial charge in [0.25, 0.3) is 5.91 Å². The number of benzene rings is 1. The number of amides is 1. The first-order chi connectivity index (χ1) is 9.60. The molecule has 0 spiro atoms. The zero-order valence-electron chi connectivity index (χ0n) is 11.2. The fourth-order valence-corrected chi connectivity index (χ4v) is 1.73. The van der Waals surface area contributed by atoms with E-state index in [1.165, 1.54) is 6.21 Å². The SMILES string of the molecule is Cc1cc(C(=O)N/N=C\c2ccc(C#N)cc2)c(C)o1. The first-order valence-corrected chi connectivity index (χ1v) is 6.01. The molecule has 1 amide bonds. The van der Waals surface area contributed by atoms with Crippen molar-refractivity contribution in [2.75, 3.05) is 0 Å². The fraction of sp³-hybridized carbons (Fsp3) is 0.133. The van der Waals surface area contributed by atoms with Gasteiger partial charge >= 0.3 is 0 Å². The molecule has 1 N–H and O–H groups in total. The van der Waals surface area contributed by atoms with Gasteiger partial charge in [-0.25, -0.2) is 5.43 Å². The molecule has 2 aromatic rings. The van der Waals surface area contributed by atoms with E-state index in [1.54, 1.807) is 44.2 Å². The minimum absolute atomic E-state index is 0.316. The average Bonchev–Trinajstić information content (AvgIpc) is 2.78. The van der Waals surface area contributed by atoms with Gasteiger partial charge in [0.05, 0.1) is 23.4 Å². The van der Waals surface area contributed by atoms with Gasteiger partial charge in [-0.2, -0.15) is 10.4 Å². The van der Waals surface area contributed by atoms with Crippen LogP contribution in [0.15, 0.2) is 39.9 Å². The van der Waals surface area contributed by atoms with Crippen molar-refractivity contribution in [2.45, 2.75) is 13.8 Å². The smallest absolute Gasteiger partial charge is 0.274 e. The second-order valence-electron chi connectivity index (χ2n) is 4.26. The topological polar surface area (TPSA) is 78.4 Å². The molecular formula is C15H13N3O2. The van der Waals surface area contributed by atoms with E-state index in [4.69, 9.17) is 9.68 Å². The molecule has 0 bridgehead atoms. The van der Waals surface area contributed by atoms with Crippen LogP contribution in [-0.2, 0) is 0 Å². The Kier molecular flexibility index (Phi) is 3.96. The quantitative estimate of drug-likeness (QED) is 0.685. The Morgan fingerprint density at radius 2 is 2.05 bits per heavy atom. The number of nitriles is 1. The summed E-state index contributed by atoms with van der Waals surface area (Å²) in [5, 5.41) is 12.6. The first kappa shape index (κ1) is 13.6. The molecule has 0 aliphatic rings. The van der Waals surface area contributed by atoms with E-state index in [0.29, 0.717) is 22.6 Å². The summed E-state index contributed by atoms with van der Waals surface area (Å²) < 4.78 is 5.28. The molecule has 0 unspecified atom stereocenters. The number of rotatable bonds is 3. The van der Waals surface area contributed by atoms with Crippen molar-refractivity contribution in [3.63, 3.8) is 0 Å². The van der Waals surface area contributed by atoms with Gasteiger partial charge in [-0.15, -0.1) is 0 Å². The Balaban J connectivity index is 2.01. The molecule has 20 heavy (non-hydrogen) atoms. The third-order valence-corrected chi connectivity index (χ3v) is 2.71. The summed E-state index contributed by atoms with van der Waals surface area (Å²) in [4.78, 5) is 11.8. The highest BCUT2D eigenvalue weighted by Crippen LogP contribution is 2.13.